The minimum Gasteiger partial charge on any atom is -0.493 e. The highest BCUT2D eigenvalue weighted by Gasteiger charge is 2.08. The number of nitrogens with one attached hydrogen (secondary N) is 2. The zero-order valence-corrected chi connectivity index (χ0v) is 17.0. The van der Waals surface area contributed by atoms with E-state index in [4.69, 9.17) is 9.47 Å². The van der Waals surface area contributed by atoms with E-state index in [0.717, 1.165) is 22.0 Å². The molecule has 29 heavy (non-hydrogen) atoms. The fraction of sp³-hybridized carbons (Fsp3) is 0.304. The van der Waals surface area contributed by atoms with Crippen molar-refractivity contribution in [2.75, 3.05) is 20.8 Å². The van der Waals surface area contributed by atoms with Gasteiger partial charge in [0, 0.05) is 24.0 Å². The molecular weight excluding hydrogens is 368 g/mol. The van der Waals surface area contributed by atoms with Gasteiger partial charge in [-0.1, -0.05) is 18.2 Å². The second-order valence-corrected chi connectivity index (χ2v) is 7.00. The summed E-state index contributed by atoms with van der Waals surface area (Å²) in [5.41, 5.74) is 3.44. The van der Waals surface area contributed by atoms with Crippen LogP contribution in [-0.4, -0.2) is 31.7 Å². The Morgan fingerprint density at radius 2 is 1.79 bits per heavy atom. The van der Waals surface area contributed by atoms with E-state index in [9.17, 15) is 9.59 Å². The zero-order valence-electron chi connectivity index (χ0n) is 17.0. The van der Waals surface area contributed by atoms with Gasteiger partial charge in [-0.2, -0.15) is 0 Å². The Morgan fingerprint density at radius 1 is 1.00 bits per heavy atom. The number of ether oxygens (including phenoxy) is 2. The van der Waals surface area contributed by atoms with Gasteiger partial charge in [0.25, 0.3) is 5.56 Å². The Balaban J connectivity index is 1.53. The molecule has 3 aromatic rings. The average Bonchev–Trinajstić information content (AvgIpc) is 2.72. The topological polar surface area (TPSA) is 80.4 Å². The van der Waals surface area contributed by atoms with Crippen LogP contribution in [0.2, 0.25) is 0 Å². The molecule has 0 atom stereocenters. The summed E-state index contributed by atoms with van der Waals surface area (Å²) in [4.78, 5) is 27.3. The van der Waals surface area contributed by atoms with E-state index in [-0.39, 0.29) is 17.9 Å². The highest BCUT2D eigenvalue weighted by atomic mass is 16.5. The first-order valence-electron chi connectivity index (χ1n) is 9.60. The molecule has 1 aromatic heterocycles. The van der Waals surface area contributed by atoms with E-state index in [2.05, 4.69) is 10.3 Å². The third-order valence-corrected chi connectivity index (χ3v) is 4.88. The highest BCUT2D eigenvalue weighted by molar-refractivity contribution is 5.80. The summed E-state index contributed by atoms with van der Waals surface area (Å²) >= 11 is 0. The van der Waals surface area contributed by atoms with Crippen LogP contribution in [0.5, 0.6) is 11.5 Å². The fourth-order valence-corrected chi connectivity index (χ4v) is 3.26. The molecule has 6 heteroatoms. The Kier molecular flexibility index (Phi) is 6.54. The van der Waals surface area contributed by atoms with Crippen molar-refractivity contribution >= 4 is 16.8 Å². The molecule has 0 spiro atoms. The zero-order chi connectivity index (χ0) is 20.8. The maximum Gasteiger partial charge on any atom is 0.251 e. The van der Waals surface area contributed by atoms with E-state index < -0.39 is 0 Å². The second kappa shape index (κ2) is 9.28. The first-order chi connectivity index (χ1) is 14.0. The average molecular weight is 394 g/mol. The van der Waals surface area contributed by atoms with Gasteiger partial charge in [0.1, 0.15) is 0 Å². The number of carbonyl (C=O) groups excluding carboxylic acids is 1. The summed E-state index contributed by atoms with van der Waals surface area (Å²) < 4.78 is 10.5. The lowest BCUT2D eigenvalue weighted by molar-refractivity contribution is -0.121. The van der Waals surface area contributed by atoms with Gasteiger partial charge in [-0.25, -0.2) is 0 Å². The van der Waals surface area contributed by atoms with Crippen LogP contribution in [0.3, 0.4) is 0 Å². The van der Waals surface area contributed by atoms with Crippen LogP contribution in [0.15, 0.2) is 47.3 Å². The van der Waals surface area contributed by atoms with Crippen LogP contribution in [0.1, 0.15) is 23.1 Å². The lowest BCUT2D eigenvalue weighted by Crippen LogP contribution is -2.26. The van der Waals surface area contributed by atoms with E-state index in [1.54, 1.807) is 14.2 Å². The minimum atomic E-state index is -0.138. The molecule has 0 unspecified atom stereocenters. The third-order valence-electron chi connectivity index (χ3n) is 4.88. The first-order valence-corrected chi connectivity index (χ1v) is 9.60. The summed E-state index contributed by atoms with van der Waals surface area (Å²) in [5.74, 6) is 1.27. The number of carbonyl (C=O) groups is 1. The number of aryl methyl sites for hydroxylation is 2. The molecule has 0 aliphatic rings. The van der Waals surface area contributed by atoms with E-state index in [0.29, 0.717) is 36.4 Å². The summed E-state index contributed by atoms with van der Waals surface area (Å²) in [6, 6.07) is 13.5. The third kappa shape index (κ3) is 5.16. The standard InChI is InChI=1S/C23H26N2O4/c1-15-4-6-17-14-18(23(27)25-19(17)12-15)7-9-22(26)24-11-10-16-5-8-20(28-2)21(13-16)29-3/h4-6,8,12-14H,7,9-11H2,1-3H3,(H,24,26)(H,25,27). The highest BCUT2D eigenvalue weighted by Crippen LogP contribution is 2.27. The number of benzene rings is 2. The van der Waals surface area contributed by atoms with Gasteiger partial charge in [-0.15, -0.1) is 0 Å². The number of aromatic amines is 1. The van der Waals surface area contributed by atoms with Crippen molar-refractivity contribution in [2.45, 2.75) is 26.2 Å². The molecule has 6 nitrogen and oxygen atoms in total. The predicted molar refractivity (Wildman–Crippen MR) is 114 cm³/mol. The molecular formula is C23H26N2O4. The molecule has 0 fully saturated rings. The second-order valence-electron chi connectivity index (χ2n) is 7.00. The number of fused-ring (bicyclic) bond motifs is 1. The predicted octanol–water partition coefficient (Wildman–Crippen LogP) is 3.15. The maximum atomic E-state index is 12.3. The number of hydrogen-bond donors (Lipinski definition) is 2. The van der Waals surface area contributed by atoms with E-state index in [1.807, 2.05) is 49.4 Å². The lowest BCUT2D eigenvalue weighted by atomic mass is 10.1. The number of H-pyrrole nitrogens is 1. The molecule has 0 radical (unpaired) electrons. The van der Waals surface area contributed by atoms with Crippen molar-refractivity contribution in [3.8, 4) is 11.5 Å². The van der Waals surface area contributed by atoms with Crippen molar-refractivity contribution in [1.82, 2.24) is 10.3 Å². The van der Waals surface area contributed by atoms with Gasteiger partial charge in [0.15, 0.2) is 11.5 Å². The molecule has 1 amide bonds. The van der Waals surface area contributed by atoms with Gasteiger partial charge < -0.3 is 19.8 Å². The van der Waals surface area contributed by atoms with Crippen molar-refractivity contribution in [3.05, 3.63) is 69.5 Å². The van der Waals surface area contributed by atoms with Gasteiger partial charge in [-0.05, 0) is 60.5 Å². The van der Waals surface area contributed by atoms with E-state index in [1.165, 1.54) is 0 Å². The van der Waals surface area contributed by atoms with Gasteiger partial charge >= 0.3 is 0 Å². The number of methoxy groups -OCH3 is 2. The molecule has 0 bridgehead atoms. The first kappa shape index (κ1) is 20.5. The Labute approximate surface area is 169 Å². The number of hydrogen-bond acceptors (Lipinski definition) is 4. The molecule has 152 valence electrons. The SMILES string of the molecule is COc1ccc(CCNC(=O)CCc2cc3ccc(C)cc3[nH]c2=O)cc1OC. The van der Waals surface area contributed by atoms with Gasteiger partial charge in [0.05, 0.1) is 14.2 Å². The molecule has 2 aromatic carbocycles. The summed E-state index contributed by atoms with van der Waals surface area (Å²) in [6.07, 6.45) is 1.36. The van der Waals surface area contributed by atoms with Crippen LogP contribution in [0.4, 0.5) is 0 Å². The summed E-state index contributed by atoms with van der Waals surface area (Å²) in [6.45, 7) is 2.50. The normalized spacial score (nSPS) is 10.7. The number of amides is 1. The van der Waals surface area contributed by atoms with Crippen LogP contribution in [0.25, 0.3) is 10.9 Å². The minimum absolute atomic E-state index is 0.0751. The monoisotopic (exact) mass is 394 g/mol. The molecule has 3 rings (SSSR count). The quantitative estimate of drug-likeness (QED) is 0.615. The Hall–Kier alpha value is -3.28. The largest absolute Gasteiger partial charge is 0.493 e. The molecule has 0 aliphatic carbocycles. The number of pyridine rings is 1. The van der Waals surface area contributed by atoms with Crippen LogP contribution in [-0.2, 0) is 17.6 Å². The van der Waals surface area contributed by atoms with Crippen molar-refractivity contribution in [2.24, 2.45) is 0 Å². The smallest absolute Gasteiger partial charge is 0.251 e. The van der Waals surface area contributed by atoms with Crippen LogP contribution >= 0.6 is 0 Å². The molecule has 2 N–H and O–H groups in total. The van der Waals surface area contributed by atoms with Crippen molar-refractivity contribution in [3.63, 3.8) is 0 Å². The van der Waals surface area contributed by atoms with Crippen LogP contribution in [0, 0.1) is 6.92 Å². The van der Waals surface area contributed by atoms with E-state index >= 15 is 0 Å². The lowest BCUT2D eigenvalue weighted by Gasteiger charge is -2.10. The summed E-state index contributed by atoms with van der Waals surface area (Å²) in [7, 11) is 3.19. The van der Waals surface area contributed by atoms with Gasteiger partial charge in [0.2, 0.25) is 5.91 Å². The van der Waals surface area contributed by atoms with Gasteiger partial charge in [-0.3, -0.25) is 9.59 Å². The number of rotatable bonds is 8. The molecule has 1 heterocycles. The Morgan fingerprint density at radius 3 is 2.55 bits per heavy atom. The van der Waals surface area contributed by atoms with Crippen LogP contribution < -0.4 is 20.3 Å². The Bertz CT molecular complexity index is 1070. The summed E-state index contributed by atoms with van der Waals surface area (Å²) in [5, 5.41) is 3.88. The van der Waals surface area contributed by atoms with Crippen molar-refractivity contribution in [1.29, 1.82) is 0 Å². The number of aromatic nitrogens is 1. The maximum absolute atomic E-state index is 12.3. The molecule has 0 saturated carbocycles. The molecule has 0 saturated heterocycles. The fourth-order valence-electron chi connectivity index (χ4n) is 3.26. The molecule has 0 aliphatic heterocycles. The van der Waals surface area contributed by atoms with Crippen molar-refractivity contribution < 1.29 is 14.3 Å².